The van der Waals surface area contributed by atoms with E-state index >= 15 is 0 Å². The molecule has 0 aliphatic heterocycles. The van der Waals surface area contributed by atoms with Crippen LogP contribution < -0.4 is 9.62 Å². The number of carboxylic acid groups (broad SMARTS) is 1. The number of rotatable bonds is 10. The van der Waals surface area contributed by atoms with Gasteiger partial charge in [0.1, 0.15) is 0 Å². The molecule has 0 saturated carbocycles. The predicted octanol–water partition coefficient (Wildman–Crippen LogP) is 5.61. The Balaban J connectivity index is 1.94. The Labute approximate surface area is 195 Å². The maximum Gasteiger partial charge on any atom is 0.337 e. The number of aromatic carboxylic acids is 1. The molecule has 6 nitrogen and oxygen atoms in total. The number of benzene rings is 3. The number of aryl methyl sites for hydroxylation is 2. The van der Waals surface area contributed by atoms with E-state index in [0.717, 1.165) is 29.5 Å². The quantitative estimate of drug-likeness (QED) is 0.406. The number of anilines is 2. The third-order valence-electron chi connectivity index (χ3n) is 5.61. The van der Waals surface area contributed by atoms with E-state index < -0.39 is 16.0 Å². The summed E-state index contributed by atoms with van der Waals surface area (Å²) in [5, 5.41) is 9.91. The number of sulfonamides is 1. The van der Waals surface area contributed by atoms with Crippen molar-refractivity contribution in [3.63, 3.8) is 0 Å². The number of nitrogens with zero attached hydrogens (tertiary/aromatic N) is 1. The van der Waals surface area contributed by atoms with Crippen LogP contribution in [0.5, 0.6) is 0 Å². The van der Waals surface area contributed by atoms with Gasteiger partial charge in [-0.3, -0.25) is 4.72 Å². The van der Waals surface area contributed by atoms with Crippen molar-refractivity contribution in [3.8, 4) is 0 Å². The number of hydrogen-bond donors (Lipinski definition) is 2. The largest absolute Gasteiger partial charge is 0.478 e. The van der Waals surface area contributed by atoms with Gasteiger partial charge in [0.05, 0.1) is 16.1 Å². The fourth-order valence-corrected chi connectivity index (χ4v) is 4.71. The number of hydrogen-bond acceptors (Lipinski definition) is 4. The molecule has 0 spiro atoms. The second kappa shape index (κ2) is 10.5. The molecule has 0 amide bonds. The van der Waals surface area contributed by atoms with Crippen LogP contribution in [0.15, 0.2) is 71.6 Å². The van der Waals surface area contributed by atoms with E-state index in [2.05, 4.69) is 11.6 Å². The first kappa shape index (κ1) is 24.3. The number of carboxylic acids is 1. The van der Waals surface area contributed by atoms with E-state index in [9.17, 15) is 18.3 Å². The van der Waals surface area contributed by atoms with Gasteiger partial charge in [-0.1, -0.05) is 49.7 Å². The molecule has 0 radical (unpaired) electrons. The Morgan fingerprint density at radius 3 is 2.33 bits per heavy atom. The van der Waals surface area contributed by atoms with Crippen molar-refractivity contribution in [2.45, 2.75) is 45.1 Å². The van der Waals surface area contributed by atoms with Gasteiger partial charge in [-0.25, -0.2) is 13.2 Å². The Bertz CT molecular complexity index is 1220. The molecule has 0 unspecified atom stereocenters. The van der Waals surface area contributed by atoms with Crippen molar-refractivity contribution in [1.29, 1.82) is 0 Å². The van der Waals surface area contributed by atoms with Gasteiger partial charge < -0.3 is 10.0 Å². The lowest BCUT2D eigenvalue weighted by atomic mass is 10.1. The molecule has 2 N–H and O–H groups in total. The molecule has 3 rings (SSSR count). The molecule has 0 fully saturated rings. The molecule has 0 bridgehead atoms. The SMILES string of the molecule is CCCCN(Cc1ccccc1)c1ccc(NS(=O)(=O)c2ccc(C)c(C)c2)cc1C(=O)O. The van der Waals surface area contributed by atoms with Crippen LogP contribution in [0.3, 0.4) is 0 Å². The molecular formula is C26H30N2O4S. The summed E-state index contributed by atoms with van der Waals surface area (Å²) >= 11 is 0. The zero-order valence-corrected chi connectivity index (χ0v) is 20.0. The van der Waals surface area contributed by atoms with Crippen molar-refractivity contribution in [1.82, 2.24) is 0 Å². The smallest absolute Gasteiger partial charge is 0.337 e. The zero-order chi connectivity index (χ0) is 24.0. The number of unbranched alkanes of at least 4 members (excludes halogenated alkanes) is 1. The van der Waals surface area contributed by atoms with Gasteiger partial charge >= 0.3 is 5.97 Å². The van der Waals surface area contributed by atoms with E-state index in [-0.39, 0.29) is 16.1 Å². The summed E-state index contributed by atoms with van der Waals surface area (Å²) in [5.74, 6) is -1.10. The summed E-state index contributed by atoms with van der Waals surface area (Å²) in [6, 6.07) is 19.5. The topological polar surface area (TPSA) is 86.7 Å². The Kier molecular flexibility index (Phi) is 7.76. The molecule has 0 saturated heterocycles. The van der Waals surface area contributed by atoms with Gasteiger partial charge in [-0.05, 0) is 67.3 Å². The second-order valence-corrected chi connectivity index (χ2v) is 9.83. The van der Waals surface area contributed by atoms with Crippen molar-refractivity contribution in [3.05, 3.63) is 89.0 Å². The Hall–Kier alpha value is -3.32. The lowest BCUT2D eigenvalue weighted by Gasteiger charge is -2.27. The fourth-order valence-electron chi connectivity index (χ4n) is 3.58. The van der Waals surface area contributed by atoms with Crippen molar-refractivity contribution >= 4 is 27.4 Å². The van der Waals surface area contributed by atoms with Crippen LogP contribution in [0, 0.1) is 13.8 Å². The first-order valence-corrected chi connectivity index (χ1v) is 12.5. The monoisotopic (exact) mass is 466 g/mol. The minimum Gasteiger partial charge on any atom is -0.478 e. The van der Waals surface area contributed by atoms with Crippen molar-refractivity contribution < 1.29 is 18.3 Å². The lowest BCUT2D eigenvalue weighted by Crippen LogP contribution is -2.26. The van der Waals surface area contributed by atoms with Crippen LogP contribution in [-0.2, 0) is 16.6 Å². The predicted molar refractivity (Wildman–Crippen MR) is 133 cm³/mol. The van der Waals surface area contributed by atoms with Gasteiger partial charge in [0.15, 0.2) is 0 Å². The third kappa shape index (κ3) is 6.14. The van der Waals surface area contributed by atoms with E-state index in [4.69, 9.17) is 0 Å². The van der Waals surface area contributed by atoms with Gasteiger partial charge in [0.25, 0.3) is 10.0 Å². The van der Waals surface area contributed by atoms with E-state index in [1.54, 1.807) is 30.3 Å². The minimum atomic E-state index is -3.85. The summed E-state index contributed by atoms with van der Waals surface area (Å²) in [7, 11) is -3.85. The van der Waals surface area contributed by atoms with Gasteiger partial charge in [0, 0.05) is 18.8 Å². The number of nitrogens with one attached hydrogen (secondary N) is 1. The number of carbonyl (C=O) groups is 1. The summed E-state index contributed by atoms with van der Waals surface area (Å²) in [5.41, 5.74) is 3.77. The summed E-state index contributed by atoms with van der Waals surface area (Å²) < 4.78 is 28.3. The standard InChI is InChI=1S/C26H30N2O4S/c1-4-5-15-28(18-21-9-7-6-8-10-21)25-14-12-22(17-24(25)26(29)30)27-33(31,32)23-13-11-19(2)20(3)16-23/h6-14,16-17,27H,4-5,15,18H2,1-3H3,(H,29,30). The van der Waals surface area contributed by atoms with Gasteiger partial charge in [0.2, 0.25) is 0 Å². The van der Waals surface area contributed by atoms with Crippen LogP contribution in [0.1, 0.15) is 46.8 Å². The molecule has 0 atom stereocenters. The van der Waals surface area contributed by atoms with Crippen molar-refractivity contribution in [2.24, 2.45) is 0 Å². The van der Waals surface area contributed by atoms with Crippen LogP contribution in [0.4, 0.5) is 11.4 Å². The third-order valence-corrected chi connectivity index (χ3v) is 6.99. The molecule has 3 aromatic carbocycles. The lowest BCUT2D eigenvalue weighted by molar-refractivity contribution is 0.0697. The molecule has 174 valence electrons. The van der Waals surface area contributed by atoms with Gasteiger partial charge in [-0.15, -0.1) is 0 Å². The first-order chi connectivity index (χ1) is 15.7. The van der Waals surface area contributed by atoms with E-state index in [1.165, 1.54) is 6.07 Å². The molecule has 0 heterocycles. The summed E-state index contributed by atoms with van der Waals surface area (Å²) in [6.45, 7) is 7.11. The molecular weight excluding hydrogens is 436 g/mol. The Morgan fingerprint density at radius 1 is 0.970 bits per heavy atom. The zero-order valence-electron chi connectivity index (χ0n) is 19.2. The highest BCUT2D eigenvalue weighted by atomic mass is 32.2. The highest BCUT2D eigenvalue weighted by Crippen LogP contribution is 2.28. The second-order valence-electron chi connectivity index (χ2n) is 8.15. The van der Waals surface area contributed by atoms with E-state index in [0.29, 0.717) is 18.8 Å². The maximum atomic E-state index is 12.9. The molecule has 33 heavy (non-hydrogen) atoms. The highest BCUT2D eigenvalue weighted by Gasteiger charge is 2.20. The molecule has 3 aromatic rings. The molecule has 7 heteroatoms. The van der Waals surface area contributed by atoms with Crippen LogP contribution in [0.25, 0.3) is 0 Å². The fraction of sp³-hybridized carbons (Fsp3) is 0.269. The average molecular weight is 467 g/mol. The van der Waals surface area contributed by atoms with Crippen LogP contribution >= 0.6 is 0 Å². The molecule has 0 aliphatic carbocycles. The van der Waals surface area contributed by atoms with Crippen LogP contribution in [0.2, 0.25) is 0 Å². The molecule has 0 aromatic heterocycles. The average Bonchev–Trinajstić information content (AvgIpc) is 2.79. The summed E-state index contributed by atoms with van der Waals surface area (Å²) in [4.78, 5) is 14.3. The normalized spacial score (nSPS) is 11.2. The summed E-state index contributed by atoms with van der Waals surface area (Å²) in [6.07, 6.45) is 1.88. The van der Waals surface area contributed by atoms with Gasteiger partial charge in [-0.2, -0.15) is 0 Å². The van der Waals surface area contributed by atoms with Crippen LogP contribution in [-0.4, -0.2) is 26.0 Å². The molecule has 0 aliphatic rings. The minimum absolute atomic E-state index is 0.0577. The first-order valence-electron chi connectivity index (χ1n) is 11.0. The highest BCUT2D eigenvalue weighted by molar-refractivity contribution is 7.92. The maximum absolute atomic E-state index is 12.9. The van der Waals surface area contributed by atoms with Crippen molar-refractivity contribution in [2.75, 3.05) is 16.2 Å². The Morgan fingerprint density at radius 2 is 1.70 bits per heavy atom. The van der Waals surface area contributed by atoms with E-state index in [1.807, 2.05) is 49.1 Å².